The van der Waals surface area contributed by atoms with Gasteiger partial charge >= 0.3 is 0 Å². The van der Waals surface area contributed by atoms with Crippen molar-refractivity contribution < 1.29 is 9.13 Å². The molecule has 0 atom stereocenters. The molecule has 0 aromatic heterocycles. The molecule has 0 radical (unpaired) electrons. The Morgan fingerprint density at radius 3 is 2.71 bits per heavy atom. The quantitative estimate of drug-likeness (QED) is 0.591. The molecule has 0 bridgehead atoms. The minimum atomic E-state index is -0.348. The highest BCUT2D eigenvalue weighted by Crippen LogP contribution is 2.25. The van der Waals surface area contributed by atoms with Crippen molar-refractivity contribution >= 4 is 27.5 Å². The predicted octanol–water partition coefficient (Wildman–Crippen LogP) is 4.52. The molecule has 0 aliphatic rings. The molecule has 2 aromatic carbocycles. The third-order valence-electron chi connectivity index (χ3n) is 3.52. The van der Waals surface area contributed by atoms with Gasteiger partial charge in [-0.1, -0.05) is 33.6 Å². The van der Waals surface area contributed by atoms with Crippen LogP contribution in [0.5, 0.6) is 5.75 Å². The normalized spacial score (nSPS) is 10.8. The SMILES string of the molecule is CNCCCNCc1cc(Br)ccc1OCc1ccc(F)cc1Cl. The molecule has 0 aliphatic carbocycles. The minimum Gasteiger partial charge on any atom is -0.489 e. The largest absolute Gasteiger partial charge is 0.489 e. The van der Waals surface area contributed by atoms with Crippen molar-refractivity contribution in [2.24, 2.45) is 0 Å². The summed E-state index contributed by atoms with van der Waals surface area (Å²) in [6.45, 7) is 2.93. The van der Waals surface area contributed by atoms with Crippen LogP contribution in [0.15, 0.2) is 40.9 Å². The Labute approximate surface area is 155 Å². The third-order valence-corrected chi connectivity index (χ3v) is 4.36. The molecule has 0 aliphatic heterocycles. The highest BCUT2D eigenvalue weighted by Gasteiger charge is 2.07. The average Bonchev–Trinajstić information content (AvgIpc) is 2.55. The van der Waals surface area contributed by atoms with E-state index >= 15 is 0 Å². The molecule has 24 heavy (non-hydrogen) atoms. The lowest BCUT2D eigenvalue weighted by atomic mass is 10.2. The summed E-state index contributed by atoms with van der Waals surface area (Å²) in [6.07, 6.45) is 1.06. The van der Waals surface area contributed by atoms with E-state index in [-0.39, 0.29) is 5.82 Å². The van der Waals surface area contributed by atoms with Gasteiger partial charge in [-0.3, -0.25) is 0 Å². The Kier molecular flexibility index (Phi) is 7.99. The van der Waals surface area contributed by atoms with E-state index in [4.69, 9.17) is 16.3 Å². The van der Waals surface area contributed by atoms with Crippen molar-refractivity contribution in [1.29, 1.82) is 0 Å². The van der Waals surface area contributed by atoms with Gasteiger partial charge in [0.1, 0.15) is 18.2 Å². The van der Waals surface area contributed by atoms with Gasteiger partial charge in [-0.2, -0.15) is 0 Å². The van der Waals surface area contributed by atoms with Crippen molar-refractivity contribution in [2.75, 3.05) is 20.1 Å². The first-order valence-electron chi connectivity index (χ1n) is 7.80. The smallest absolute Gasteiger partial charge is 0.124 e. The van der Waals surface area contributed by atoms with Crippen molar-refractivity contribution in [1.82, 2.24) is 10.6 Å². The van der Waals surface area contributed by atoms with E-state index in [1.807, 2.05) is 25.2 Å². The van der Waals surface area contributed by atoms with Gasteiger partial charge in [0.25, 0.3) is 0 Å². The molecule has 2 N–H and O–H groups in total. The van der Waals surface area contributed by atoms with E-state index in [1.165, 1.54) is 12.1 Å². The summed E-state index contributed by atoms with van der Waals surface area (Å²) in [5.41, 5.74) is 1.82. The fraction of sp³-hybridized carbons (Fsp3) is 0.333. The molecule has 3 nitrogen and oxygen atoms in total. The number of rotatable bonds is 9. The van der Waals surface area contributed by atoms with E-state index in [2.05, 4.69) is 26.6 Å². The molecule has 0 fully saturated rings. The number of hydrogen-bond acceptors (Lipinski definition) is 3. The summed E-state index contributed by atoms with van der Waals surface area (Å²) in [5, 5.41) is 6.90. The van der Waals surface area contributed by atoms with Gasteiger partial charge in [-0.25, -0.2) is 4.39 Å². The lowest BCUT2D eigenvalue weighted by Gasteiger charge is -2.14. The second kappa shape index (κ2) is 9.99. The third kappa shape index (κ3) is 6.06. The van der Waals surface area contributed by atoms with Crippen molar-refractivity contribution in [3.63, 3.8) is 0 Å². The Hall–Kier alpha value is -1.14. The van der Waals surface area contributed by atoms with Crippen LogP contribution >= 0.6 is 27.5 Å². The molecule has 2 aromatic rings. The summed E-state index contributed by atoms with van der Waals surface area (Å²) >= 11 is 9.54. The van der Waals surface area contributed by atoms with Crippen LogP contribution < -0.4 is 15.4 Å². The lowest BCUT2D eigenvalue weighted by molar-refractivity contribution is 0.302. The predicted molar refractivity (Wildman–Crippen MR) is 100 cm³/mol. The second-order valence-electron chi connectivity index (χ2n) is 5.41. The summed E-state index contributed by atoms with van der Waals surface area (Å²) < 4.78 is 20.0. The number of hydrogen-bond donors (Lipinski definition) is 2. The maximum Gasteiger partial charge on any atom is 0.124 e. The highest BCUT2D eigenvalue weighted by molar-refractivity contribution is 9.10. The number of ether oxygens (including phenoxy) is 1. The molecule has 0 saturated heterocycles. The van der Waals surface area contributed by atoms with E-state index in [0.717, 1.165) is 47.4 Å². The van der Waals surface area contributed by atoms with Gasteiger partial charge in [0.15, 0.2) is 0 Å². The minimum absolute atomic E-state index is 0.299. The van der Waals surface area contributed by atoms with E-state index in [9.17, 15) is 4.39 Å². The Balaban J connectivity index is 1.98. The molecule has 0 heterocycles. The van der Waals surface area contributed by atoms with Gasteiger partial charge in [0.05, 0.1) is 5.02 Å². The summed E-state index contributed by atoms with van der Waals surface area (Å²) in [6, 6.07) is 10.2. The van der Waals surface area contributed by atoms with E-state index < -0.39 is 0 Å². The van der Waals surface area contributed by atoms with Gasteiger partial charge in [0.2, 0.25) is 0 Å². The summed E-state index contributed by atoms with van der Waals surface area (Å²) in [7, 11) is 1.95. The molecule has 0 saturated carbocycles. The monoisotopic (exact) mass is 414 g/mol. The van der Waals surface area contributed by atoms with Crippen LogP contribution in [0, 0.1) is 5.82 Å². The summed E-state index contributed by atoms with van der Waals surface area (Å²) in [4.78, 5) is 0. The molecular weight excluding hydrogens is 395 g/mol. The fourth-order valence-electron chi connectivity index (χ4n) is 2.23. The van der Waals surface area contributed by atoms with Crippen LogP contribution in [0.4, 0.5) is 4.39 Å². The zero-order valence-electron chi connectivity index (χ0n) is 13.5. The maximum absolute atomic E-state index is 13.1. The Morgan fingerprint density at radius 1 is 1.12 bits per heavy atom. The molecule has 0 unspecified atom stereocenters. The molecule has 0 spiro atoms. The molecular formula is C18H21BrClFN2O. The zero-order valence-corrected chi connectivity index (χ0v) is 15.9. The van der Waals surface area contributed by atoms with Crippen molar-refractivity contribution in [2.45, 2.75) is 19.6 Å². The van der Waals surface area contributed by atoms with E-state index in [0.29, 0.717) is 11.6 Å². The zero-order chi connectivity index (χ0) is 17.4. The van der Waals surface area contributed by atoms with Gasteiger partial charge in [-0.15, -0.1) is 0 Å². The van der Waals surface area contributed by atoms with Gasteiger partial charge < -0.3 is 15.4 Å². The molecule has 0 amide bonds. The first kappa shape index (κ1) is 19.2. The highest BCUT2D eigenvalue weighted by atomic mass is 79.9. The lowest BCUT2D eigenvalue weighted by Crippen LogP contribution is -2.19. The van der Waals surface area contributed by atoms with Crippen LogP contribution in [-0.2, 0) is 13.2 Å². The second-order valence-corrected chi connectivity index (χ2v) is 6.73. The molecule has 2 rings (SSSR count). The van der Waals surface area contributed by atoms with Crippen LogP contribution in [0.1, 0.15) is 17.5 Å². The fourth-order valence-corrected chi connectivity index (χ4v) is 2.86. The van der Waals surface area contributed by atoms with E-state index in [1.54, 1.807) is 6.07 Å². The van der Waals surface area contributed by atoms with Crippen LogP contribution in [0.25, 0.3) is 0 Å². The Bertz CT molecular complexity index is 669. The first-order chi connectivity index (χ1) is 11.6. The van der Waals surface area contributed by atoms with Crippen LogP contribution in [0.3, 0.4) is 0 Å². The van der Waals surface area contributed by atoms with Crippen molar-refractivity contribution in [3.05, 3.63) is 62.8 Å². The van der Waals surface area contributed by atoms with Crippen LogP contribution in [0.2, 0.25) is 5.02 Å². The maximum atomic E-state index is 13.1. The molecule has 6 heteroatoms. The van der Waals surface area contributed by atoms with Crippen LogP contribution in [-0.4, -0.2) is 20.1 Å². The number of halogens is 3. The number of nitrogens with one attached hydrogen (secondary N) is 2. The van der Waals surface area contributed by atoms with Gasteiger partial charge in [-0.05, 0) is 56.9 Å². The number of benzene rings is 2. The Morgan fingerprint density at radius 2 is 1.96 bits per heavy atom. The van der Waals surface area contributed by atoms with Crippen molar-refractivity contribution in [3.8, 4) is 5.75 Å². The molecule has 130 valence electrons. The average molecular weight is 416 g/mol. The summed E-state index contributed by atoms with van der Waals surface area (Å²) in [5.74, 6) is 0.443. The topological polar surface area (TPSA) is 33.3 Å². The first-order valence-corrected chi connectivity index (χ1v) is 8.97. The standard InChI is InChI=1S/C18H21BrClFN2O/c1-22-7-2-8-23-11-14-9-15(19)4-6-18(14)24-12-13-3-5-16(21)10-17(13)20/h3-6,9-10,22-23H,2,7-8,11-12H2,1H3. The van der Waals surface area contributed by atoms with Gasteiger partial charge in [0, 0.05) is 22.1 Å².